The van der Waals surface area contributed by atoms with E-state index in [1.165, 1.54) is 31.9 Å². The van der Waals surface area contributed by atoms with E-state index in [1.54, 1.807) is 19.8 Å². The fourth-order valence-corrected chi connectivity index (χ4v) is 15.7. The van der Waals surface area contributed by atoms with Crippen molar-refractivity contribution in [3.05, 3.63) is 82.2 Å². The predicted molar refractivity (Wildman–Crippen MR) is 130 cm³/mol. The number of hydrogen-bond donors (Lipinski definition) is 0. The molecule has 7 rings (SSSR count). The van der Waals surface area contributed by atoms with Crippen LogP contribution in [0.3, 0.4) is 0 Å². The Balaban J connectivity index is 1.76. The van der Waals surface area contributed by atoms with Crippen molar-refractivity contribution in [2.75, 3.05) is 0 Å². The molecule has 132 valence electrons. The van der Waals surface area contributed by atoms with Crippen molar-refractivity contribution in [1.29, 1.82) is 0 Å². The van der Waals surface area contributed by atoms with Gasteiger partial charge in [0.25, 0.3) is 0 Å². The summed E-state index contributed by atoms with van der Waals surface area (Å²) < 4.78 is 3.25. The molecule has 0 amide bonds. The molecule has 0 bridgehead atoms. The van der Waals surface area contributed by atoms with Crippen molar-refractivity contribution < 1.29 is 0 Å². The van der Waals surface area contributed by atoms with Crippen molar-refractivity contribution in [1.82, 2.24) is 0 Å². The minimum atomic E-state index is -2.22. The molecule has 0 radical (unpaired) electrons. The van der Waals surface area contributed by atoms with Gasteiger partial charge in [-0.25, -0.2) is 0 Å². The van der Waals surface area contributed by atoms with E-state index in [2.05, 4.69) is 82.2 Å². The Morgan fingerprint density at radius 3 is 1.43 bits per heavy atom. The minimum Gasteiger partial charge on any atom is -0.151 e. The first-order valence-corrected chi connectivity index (χ1v) is 14.0. The standard InChI is InChI=1S/C24H14S3Si/c1-3-7-15(8-4-1)28(16-9-5-2-6-10-16)23-21-19(13-26-23)17-11-25-12-18(17)20-14-27-24(28)22(20)21/h1-14H. The van der Waals surface area contributed by atoms with E-state index in [0.29, 0.717) is 0 Å². The number of hydrogen-bond acceptors (Lipinski definition) is 3. The molecule has 0 spiro atoms. The highest BCUT2D eigenvalue weighted by Crippen LogP contribution is 2.43. The summed E-state index contributed by atoms with van der Waals surface area (Å²) in [6.45, 7) is 0. The zero-order valence-corrected chi connectivity index (χ0v) is 18.3. The number of fused-ring (bicyclic) bond motifs is 3. The topological polar surface area (TPSA) is 0 Å². The van der Waals surface area contributed by atoms with Gasteiger partial charge < -0.3 is 0 Å². The first kappa shape index (κ1) is 15.7. The van der Waals surface area contributed by atoms with Crippen LogP contribution in [-0.4, -0.2) is 8.07 Å². The molecule has 0 aliphatic carbocycles. The van der Waals surface area contributed by atoms with Crippen molar-refractivity contribution in [2.45, 2.75) is 0 Å². The fraction of sp³-hybridized carbons (Fsp3) is 0. The van der Waals surface area contributed by atoms with Gasteiger partial charge in [0.05, 0.1) is 0 Å². The third kappa shape index (κ3) is 1.67. The molecule has 4 heteroatoms. The molecule has 0 saturated heterocycles. The Kier molecular flexibility index (Phi) is 3.03. The van der Waals surface area contributed by atoms with Gasteiger partial charge in [0.2, 0.25) is 8.07 Å². The highest BCUT2D eigenvalue weighted by atomic mass is 32.1. The molecule has 28 heavy (non-hydrogen) atoms. The maximum absolute atomic E-state index is 2.42. The van der Waals surface area contributed by atoms with Gasteiger partial charge in [0.15, 0.2) is 0 Å². The van der Waals surface area contributed by atoms with E-state index < -0.39 is 8.07 Å². The van der Waals surface area contributed by atoms with Crippen LogP contribution in [-0.2, 0) is 0 Å². The monoisotopic (exact) mass is 426 g/mol. The summed E-state index contributed by atoms with van der Waals surface area (Å²) in [4.78, 5) is 0. The molecule has 0 nitrogen and oxygen atoms in total. The molecular weight excluding hydrogens is 413 g/mol. The smallest absolute Gasteiger partial charge is 0.151 e. The van der Waals surface area contributed by atoms with Gasteiger partial charge in [-0.1, -0.05) is 60.7 Å². The van der Waals surface area contributed by atoms with Crippen molar-refractivity contribution in [3.63, 3.8) is 0 Å². The van der Waals surface area contributed by atoms with Crippen LogP contribution < -0.4 is 19.4 Å². The van der Waals surface area contributed by atoms with Crippen LogP contribution >= 0.6 is 34.0 Å². The quantitative estimate of drug-likeness (QED) is 0.341. The van der Waals surface area contributed by atoms with Gasteiger partial charge in [-0.05, 0) is 31.9 Å². The average molecular weight is 427 g/mol. The molecule has 0 N–H and O–H groups in total. The summed E-state index contributed by atoms with van der Waals surface area (Å²) in [7, 11) is -2.22. The Hall–Kier alpha value is -2.24. The lowest BCUT2D eigenvalue weighted by Crippen LogP contribution is -2.71. The lowest BCUT2D eigenvalue weighted by Gasteiger charge is -2.28. The van der Waals surface area contributed by atoms with E-state index in [9.17, 15) is 0 Å². The maximum atomic E-state index is 2.42. The Morgan fingerprint density at radius 1 is 0.500 bits per heavy atom. The maximum Gasteiger partial charge on any atom is 0.203 e. The lowest BCUT2D eigenvalue weighted by atomic mass is 10.0. The molecule has 0 atom stereocenters. The first-order chi connectivity index (χ1) is 13.9. The van der Waals surface area contributed by atoms with E-state index in [0.717, 1.165) is 0 Å². The van der Waals surface area contributed by atoms with Crippen LogP contribution in [0.5, 0.6) is 0 Å². The third-order valence-electron chi connectivity index (χ3n) is 6.17. The Morgan fingerprint density at radius 2 is 0.964 bits per heavy atom. The predicted octanol–water partition coefficient (Wildman–Crippen LogP) is 5.02. The van der Waals surface area contributed by atoms with Crippen LogP contribution in [0, 0.1) is 0 Å². The number of benzene rings is 3. The van der Waals surface area contributed by atoms with Gasteiger partial charge in [-0.2, -0.15) is 34.0 Å². The van der Waals surface area contributed by atoms with E-state index >= 15 is 0 Å². The molecule has 6 aromatic rings. The van der Waals surface area contributed by atoms with Gasteiger partial charge >= 0.3 is 0 Å². The van der Waals surface area contributed by atoms with Crippen molar-refractivity contribution in [3.8, 4) is 0 Å². The second kappa shape index (κ2) is 5.42. The molecule has 3 aromatic heterocycles. The molecular formula is C24H14S3Si. The molecule has 3 aromatic carbocycles. The zero-order chi connectivity index (χ0) is 18.3. The van der Waals surface area contributed by atoms with Crippen LogP contribution in [0.2, 0.25) is 0 Å². The highest BCUT2D eigenvalue weighted by molar-refractivity contribution is 7.46. The third-order valence-corrected chi connectivity index (χ3v) is 15.3. The molecule has 0 saturated carbocycles. The number of thiophene rings is 3. The van der Waals surface area contributed by atoms with Crippen molar-refractivity contribution in [2.24, 2.45) is 0 Å². The Bertz CT molecular complexity index is 1390. The van der Waals surface area contributed by atoms with Crippen LogP contribution in [0.1, 0.15) is 0 Å². The SMILES string of the molecule is c1ccc([Si]2(c3ccccc3)c3scc4c5cscc5c5csc2c5c34)cc1. The van der Waals surface area contributed by atoms with Crippen LogP contribution in [0.15, 0.2) is 82.2 Å². The summed E-state index contributed by atoms with van der Waals surface area (Å²) in [5, 5.41) is 21.4. The molecule has 0 fully saturated rings. The summed E-state index contributed by atoms with van der Waals surface area (Å²) in [5.41, 5.74) is 0. The van der Waals surface area contributed by atoms with Gasteiger partial charge in [-0.15, -0.1) is 0 Å². The molecule has 0 unspecified atom stereocenters. The molecule has 1 aliphatic rings. The molecule has 4 heterocycles. The minimum absolute atomic E-state index is 1.44. The second-order valence-corrected chi connectivity index (χ2v) is 14.3. The highest BCUT2D eigenvalue weighted by Gasteiger charge is 2.50. The summed E-state index contributed by atoms with van der Waals surface area (Å²) in [6, 6.07) is 22.6. The average Bonchev–Trinajstić information content (AvgIpc) is 3.51. The van der Waals surface area contributed by atoms with Crippen LogP contribution in [0.25, 0.3) is 32.3 Å². The van der Waals surface area contributed by atoms with E-state index in [1.807, 2.05) is 34.0 Å². The first-order valence-electron chi connectivity index (χ1n) is 9.33. The normalized spacial score (nSPS) is 14.7. The van der Waals surface area contributed by atoms with Gasteiger partial charge in [-0.3, -0.25) is 0 Å². The summed E-state index contributed by atoms with van der Waals surface area (Å²) in [5.74, 6) is 0. The van der Waals surface area contributed by atoms with E-state index in [-0.39, 0.29) is 0 Å². The van der Waals surface area contributed by atoms with Gasteiger partial charge in [0, 0.05) is 41.3 Å². The lowest BCUT2D eigenvalue weighted by molar-refractivity contribution is 1.72. The summed E-state index contributed by atoms with van der Waals surface area (Å²) in [6.07, 6.45) is 0. The Labute approximate surface area is 175 Å². The second-order valence-electron chi connectivity index (χ2n) is 7.39. The fourth-order valence-electron chi connectivity index (χ4n) is 5.05. The summed E-state index contributed by atoms with van der Waals surface area (Å²) >= 11 is 5.82. The zero-order valence-electron chi connectivity index (χ0n) is 14.8. The largest absolute Gasteiger partial charge is 0.203 e. The molecule has 1 aliphatic heterocycles. The van der Waals surface area contributed by atoms with Gasteiger partial charge in [0.1, 0.15) is 0 Å². The number of rotatable bonds is 2. The van der Waals surface area contributed by atoms with Crippen LogP contribution in [0.4, 0.5) is 0 Å². The van der Waals surface area contributed by atoms with Crippen molar-refractivity contribution >= 4 is 93.8 Å². The van der Waals surface area contributed by atoms with E-state index in [4.69, 9.17) is 0 Å².